The van der Waals surface area contributed by atoms with Gasteiger partial charge in [-0.3, -0.25) is 13.7 Å². The lowest BCUT2D eigenvalue weighted by molar-refractivity contribution is 0.382. The van der Waals surface area contributed by atoms with E-state index in [9.17, 15) is 25.3 Å². The number of rotatable bonds is 6. The van der Waals surface area contributed by atoms with Crippen LogP contribution in [0.15, 0.2) is 36.4 Å². The van der Waals surface area contributed by atoms with Crippen LogP contribution in [-0.2, 0) is 31.2 Å². The molecule has 4 rings (SSSR count). The highest BCUT2D eigenvalue weighted by Crippen LogP contribution is 2.47. The summed E-state index contributed by atoms with van der Waals surface area (Å²) < 4.78 is 109. The summed E-state index contributed by atoms with van der Waals surface area (Å²) in [5.41, 5.74) is 5.96. The van der Waals surface area contributed by atoms with Gasteiger partial charge in [-0.15, -0.1) is 0 Å². The molecule has 0 saturated carbocycles. The van der Waals surface area contributed by atoms with Crippen molar-refractivity contribution >= 4 is 69.2 Å². The van der Waals surface area contributed by atoms with Gasteiger partial charge in [0.1, 0.15) is 0 Å². The zero-order valence-electron chi connectivity index (χ0n) is 15.3. The van der Waals surface area contributed by atoms with Gasteiger partial charge >= 0.3 is 31.2 Å². The third-order valence-electron chi connectivity index (χ3n) is 4.40. The molecule has 4 aromatic rings. The highest BCUT2D eigenvalue weighted by atomic mass is 32.3. The number of hydrogen-bond acceptors (Lipinski definition) is 10. The van der Waals surface area contributed by atoms with Crippen LogP contribution in [0.2, 0.25) is 0 Å². The first-order chi connectivity index (χ1) is 14.6. The summed E-state index contributed by atoms with van der Waals surface area (Å²) in [6.07, 6.45) is 0. The van der Waals surface area contributed by atoms with Gasteiger partial charge in [0, 0.05) is 50.1 Å². The molecule has 0 radical (unpaired) electrons. The molecule has 4 aromatic carbocycles. The summed E-state index contributed by atoms with van der Waals surface area (Å²) >= 11 is 0. The number of anilines is 1. The molecule has 13 nitrogen and oxygen atoms in total. The van der Waals surface area contributed by atoms with Crippen LogP contribution < -0.4 is 18.3 Å². The van der Waals surface area contributed by atoms with Gasteiger partial charge in [-0.05, 0) is 18.2 Å². The van der Waals surface area contributed by atoms with Crippen LogP contribution in [-0.4, -0.2) is 38.9 Å². The van der Waals surface area contributed by atoms with Crippen molar-refractivity contribution < 1.29 is 51.5 Å². The number of hydrogen-bond donors (Lipinski definition) is 4. The summed E-state index contributed by atoms with van der Waals surface area (Å²) in [5.74, 6) is -1.54. The second-order valence-electron chi connectivity index (χ2n) is 6.44. The molecule has 0 unspecified atom stereocenters. The van der Waals surface area contributed by atoms with Crippen molar-refractivity contribution in [3.05, 3.63) is 36.4 Å². The molecule has 0 aliphatic heterocycles. The Morgan fingerprint density at radius 1 is 0.562 bits per heavy atom. The van der Waals surface area contributed by atoms with Crippen molar-refractivity contribution in [2.45, 2.75) is 0 Å². The van der Waals surface area contributed by atoms with Gasteiger partial charge in [-0.25, -0.2) is 0 Å². The predicted octanol–water partition coefficient (Wildman–Crippen LogP) is 1.71. The molecular weight excluding hydrogens is 494 g/mol. The predicted molar refractivity (Wildman–Crippen MR) is 111 cm³/mol. The van der Waals surface area contributed by atoms with E-state index in [1.165, 1.54) is 24.3 Å². The lowest BCUT2D eigenvalue weighted by atomic mass is 9.92. The van der Waals surface area contributed by atoms with E-state index < -0.39 is 42.7 Å². The molecule has 0 aliphatic rings. The maximum absolute atomic E-state index is 11.3. The lowest BCUT2D eigenvalue weighted by Gasteiger charge is -2.18. The first-order valence-electron chi connectivity index (χ1n) is 8.17. The van der Waals surface area contributed by atoms with E-state index in [0.29, 0.717) is 5.39 Å². The molecule has 0 aromatic heterocycles. The minimum Gasteiger partial charge on any atom is -0.398 e. The molecule has 170 valence electrons. The summed E-state index contributed by atoms with van der Waals surface area (Å²) in [6.45, 7) is 0. The van der Waals surface area contributed by atoms with Crippen LogP contribution in [0.5, 0.6) is 17.2 Å². The van der Waals surface area contributed by atoms with E-state index in [4.69, 9.17) is 19.4 Å². The van der Waals surface area contributed by atoms with Crippen molar-refractivity contribution in [2.24, 2.45) is 0 Å². The van der Waals surface area contributed by atoms with E-state index in [2.05, 4.69) is 12.5 Å². The second-order valence-corrected chi connectivity index (χ2v) is 9.51. The molecular formula is C16H11NO12S3. The molecule has 0 saturated heterocycles. The first-order valence-corrected chi connectivity index (χ1v) is 12.3. The second kappa shape index (κ2) is 6.92. The van der Waals surface area contributed by atoms with E-state index in [0.717, 1.165) is 12.1 Å². The molecule has 16 heteroatoms. The third kappa shape index (κ3) is 4.14. The summed E-state index contributed by atoms with van der Waals surface area (Å²) in [4.78, 5) is 0. The van der Waals surface area contributed by atoms with Crippen LogP contribution in [0.3, 0.4) is 0 Å². The van der Waals surface area contributed by atoms with Crippen LogP contribution >= 0.6 is 0 Å². The Hall–Kier alpha value is -3.15. The Kier molecular flexibility index (Phi) is 4.77. The maximum Gasteiger partial charge on any atom is 0.446 e. The van der Waals surface area contributed by atoms with E-state index >= 15 is 0 Å². The van der Waals surface area contributed by atoms with Crippen molar-refractivity contribution in [3.8, 4) is 17.2 Å². The van der Waals surface area contributed by atoms with Gasteiger partial charge in [-0.1, -0.05) is 6.07 Å². The summed E-state index contributed by atoms with van der Waals surface area (Å²) in [5, 5.41) is 0.630. The number of benzene rings is 4. The van der Waals surface area contributed by atoms with Gasteiger partial charge in [0.25, 0.3) is 0 Å². The highest BCUT2D eigenvalue weighted by molar-refractivity contribution is 7.81. The minimum absolute atomic E-state index is 0.0103. The SMILES string of the molecule is Nc1cc(OS(=O)(=O)O)c2ccc3c(OS(=O)(=O)O)cc(OS(=O)(=O)O)c4ccc1c2c43. The molecule has 0 atom stereocenters. The zero-order valence-corrected chi connectivity index (χ0v) is 17.7. The zero-order chi connectivity index (χ0) is 23.6. The number of nitrogen functional groups attached to an aromatic ring is 1. The van der Waals surface area contributed by atoms with Gasteiger partial charge < -0.3 is 18.3 Å². The van der Waals surface area contributed by atoms with Gasteiger partial charge in [0.05, 0.1) is 0 Å². The summed E-state index contributed by atoms with van der Waals surface area (Å²) in [7, 11) is -15.1. The molecule has 0 bridgehead atoms. The maximum atomic E-state index is 11.3. The monoisotopic (exact) mass is 505 g/mol. The molecule has 0 amide bonds. The molecule has 0 aliphatic carbocycles. The van der Waals surface area contributed by atoms with Gasteiger partial charge in [0.2, 0.25) is 0 Å². The molecule has 0 spiro atoms. The smallest absolute Gasteiger partial charge is 0.398 e. The topological polar surface area (TPSA) is 217 Å². The van der Waals surface area contributed by atoms with Crippen LogP contribution in [0.25, 0.3) is 32.3 Å². The third-order valence-corrected chi connectivity index (χ3v) is 5.57. The Labute approximate surface area is 180 Å². The van der Waals surface area contributed by atoms with Gasteiger partial charge in [-0.2, -0.15) is 25.3 Å². The Morgan fingerprint density at radius 3 is 1.25 bits per heavy atom. The Morgan fingerprint density at radius 2 is 0.875 bits per heavy atom. The fourth-order valence-electron chi connectivity index (χ4n) is 3.47. The lowest BCUT2D eigenvalue weighted by Crippen LogP contribution is -2.10. The normalized spacial score (nSPS) is 13.1. The standard InChI is InChI=1S/C16H11NO12S3/c17-11-5-12(27-30(18,19)20)8-3-4-10-14(29-32(24,25)26)6-13(28-31(21,22)23)9-2-1-7(11)15(8)16(9)10/h1-6H,17H2,(H,18,19,20)(H,21,22,23)(H,24,25,26). The summed E-state index contributed by atoms with van der Waals surface area (Å²) in [6, 6.07) is 7.26. The Bertz CT molecular complexity index is 1670. The van der Waals surface area contributed by atoms with Crippen molar-refractivity contribution in [1.82, 2.24) is 0 Å². The van der Waals surface area contributed by atoms with E-state index in [1.54, 1.807) is 0 Å². The molecule has 32 heavy (non-hydrogen) atoms. The Balaban J connectivity index is 2.22. The first kappa shape index (κ1) is 22.1. The molecule has 5 N–H and O–H groups in total. The largest absolute Gasteiger partial charge is 0.446 e. The van der Waals surface area contributed by atoms with Crippen molar-refractivity contribution in [2.75, 3.05) is 5.73 Å². The van der Waals surface area contributed by atoms with Crippen LogP contribution in [0.1, 0.15) is 0 Å². The van der Waals surface area contributed by atoms with Crippen molar-refractivity contribution in [1.29, 1.82) is 0 Å². The highest BCUT2D eigenvalue weighted by Gasteiger charge is 2.24. The fraction of sp³-hybridized carbons (Fsp3) is 0. The quantitative estimate of drug-likeness (QED) is 0.167. The van der Waals surface area contributed by atoms with E-state index in [-0.39, 0.29) is 38.4 Å². The molecule has 0 heterocycles. The average molecular weight is 505 g/mol. The van der Waals surface area contributed by atoms with Crippen molar-refractivity contribution in [3.63, 3.8) is 0 Å². The average Bonchev–Trinajstić information content (AvgIpc) is 2.60. The van der Waals surface area contributed by atoms with Crippen LogP contribution in [0, 0.1) is 0 Å². The minimum atomic E-state index is -5.07. The number of nitrogens with two attached hydrogens (primary N) is 1. The van der Waals surface area contributed by atoms with Crippen LogP contribution in [0.4, 0.5) is 5.69 Å². The molecule has 0 fully saturated rings. The van der Waals surface area contributed by atoms with Gasteiger partial charge in [0.15, 0.2) is 17.2 Å². The fourth-order valence-corrected chi connectivity index (χ4v) is 4.56. The van der Waals surface area contributed by atoms with E-state index in [1.807, 2.05) is 0 Å².